The predicted molar refractivity (Wildman–Crippen MR) is 144 cm³/mol. The number of nitrogens with zero attached hydrogens (tertiary/aromatic N) is 5. The van der Waals surface area contributed by atoms with Crippen molar-refractivity contribution in [1.29, 1.82) is 0 Å². The van der Waals surface area contributed by atoms with E-state index in [0.29, 0.717) is 17.5 Å². The summed E-state index contributed by atoms with van der Waals surface area (Å²) in [6.45, 7) is 16.0. The lowest BCUT2D eigenvalue weighted by molar-refractivity contribution is -0.127. The molecule has 2 unspecified atom stereocenters. The van der Waals surface area contributed by atoms with Gasteiger partial charge in [-0.25, -0.2) is 4.98 Å². The Bertz CT molecular complexity index is 1280. The van der Waals surface area contributed by atoms with Crippen LogP contribution in [-0.4, -0.2) is 56.4 Å². The van der Waals surface area contributed by atoms with Crippen LogP contribution in [-0.2, 0) is 11.3 Å². The molecule has 1 aliphatic rings. The minimum Gasteiger partial charge on any atom is -0.348 e. The maximum Gasteiger partial charge on any atom is 0.252 e. The first-order valence-electron chi connectivity index (χ1n) is 12.6. The molecule has 0 radical (unpaired) electrons. The molecule has 1 amide bonds. The lowest BCUT2D eigenvalue weighted by Crippen LogP contribution is -2.47. The minimum absolute atomic E-state index is 0.00336. The number of carbonyl (C=O) groups excluding carboxylic acids is 1. The molecule has 36 heavy (non-hydrogen) atoms. The van der Waals surface area contributed by atoms with Gasteiger partial charge in [-0.2, -0.15) is 4.98 Å². The summed E-state index contributed by atoms with van der Waals surface area (Å²) in [5.41, 5.74) is 2.97. The third kappa shape index (κ3) is 5.65. The molecule has 8 nitrogen and oxygen atoms in total. The number of amides is 1. The number of piperazine rings is 1. The number of anilines is 1. The molecule has 3 aromatic rings. The highest BCUT2D eigenvalue weighted by molar-refractivity contribution is 5.87. The number of hydrogen-bond acceptors (Lipinski definition) is 6. The molecule has 190 valence electrons. The first-order chi connectivity index (χ1) is 17.3. The summed E-state index contributed by atoms with van der Waals surface area (Å²) in [6, 6.07) is 11.9. The standard InChI is InChI=1S/C28H36N6O2/c1-6-25(35)33-15-13-32(14-16-33)18-22-7-9-23(10-8-22)20(4)30-28-29-17-24-11-12-26(36)34(27(24)31-28)21(5)19(2)3/h6-12,17,19-21H,1,13-16,18H2,2-5H3,(H,29,30,31). The smallest absolute Gasteiger partial charge is 0.252 e. The Morgan fingerprint density at radius 2 is 1.75 bits per heavy atom. The molecule has 0 aliphatic carbocycles. The summed E-state index contributed by atoms with van der Waals surface area (Å²) in [5, 5.41) is 4.24. The zero-order valence-corrected chi connectivity index (χ0v) is 21.6. The molecule has 1 fully saturated rings. The Balaban J connectivity index is 1.43. The number of aromatic nitrogens is 3. The molecule has 0 spiro atoms. The number of pyridine rings is 1. The average Bonchev–Trinajstić information content (AvgIpc) is 2.88. The van der Waals surface area contributed by atoms with Crippen LogP contribution in [0.15, 0.2) is 60.0 Å². The minimum atomic E-state index is -0.0503. The molecule has 0 bridgehead atoms. The fraction of sp³-hybridized carbons (Fsp3) is 0.429. The van der Waals surface area contributed by atoms with Crippen LogP contribution in [0.3, 0.4) is 0 Å². The molecule has 8 heteroatoms. The second-order valence-corrected chi connectivity index (χ2v) is 9.91. The Hall–Kier alpha value is -3.52. The van der Waals surface area contributed by atoms with Gasteiger partial charge in [-0.05, 0) is 43.0 Å². The van der Waals surface area contributed by atoms with Crippen molar-refractivity contribution in [2.24, 2.45) is 5.92 Å². The maximum atomic E-state index is 12.6. The van der Waals surface area contributed by atoms with Gasteiger partial charge in [-0.15, -0.1) is 0 Å². The monoisotopic (exact) mass is 488 g/mol. The largest absolute Gasteiger partial charge is 0.348 e. The van der Waals surface area contributed by atoms with Gasteiger partial charge in [-0.1, -0.05) is 44.7 Å². The predicted octanol–water partition coefficient (Wildman–Crippen LogP) is 4.01. The summed E-state index contributed by atoms with van der Waals surface area (Å²) >= 11 is 0. The van der Waals surface area contributed by atoms with E-state index >= 15 is 0 Å². The number of benzene rings is 1. The average molecular weight is 489 g/mol. The molecular weight excluding hydrogens is 452 g/mol. The molecule has 1 aliphatic heterocycles. The number of nitrogens with one attached hydrogen (secondary N) is 1. The van der Waals surface area contributed by atoms with E-state index in [2.05, 4.69) is 66.8 Å². The van der Waals surface area contributed by atoms with Crippen molar-refractivity contribution in [2.45, 2.75) is 46.3 Å². The van der Waals surface area contributed by atoms with Crippen molar-refractivity contribution >= 4 is 22.9 Å². The second-order valence-electron chi connectivity index (χ2n) is 9.91. The van der Waals surface area contributed by atoms with Crippen LogP contribution in [0.1, 0.15) is 50.9 Å². The van der Waals surface area contributed by atoms with Crippen LogP contribution in [0.25, 0.3) is 11.0 Å². The molecule has 0 saturated carbocycles. The fourth-order valence-corrected chi connectivity index (χ4v) is 4.50. The van der Waals surface area contributed by atoms with Crippen molar-refractivity contribution in [3.05, 3.63) is 76.7 Å². The topological polar surface area (TPSA) is 83.4 Å². The SMILES string of the molecule is C=CC(=O)N1CCN(Cc2ccc(C(C)Nc3ncc4ccc(=O)n(C(C)C(C)C)c4n3)cc2)CC1. The lowest BCUT2D eigenvalue weighted by atomic mass is 10.1. The highest BCUT2D eigenvalue weighted by Gasteiger charge is 2.20. The summed E-state index contributed by atoms with van der Waals surface area (Å²) < 4.78 is 1.76. The van der Waals surface area contributed by atoms with Gasteiger partial charge >= 0.3 is 0 Å². The van der Waals surface area contributed by atoms with Crippen molar-refractivity contribution in [1.82, 2.24) is 24.3 Å². The lowest BCUT2D eigenvalue weighted by Gasteiger charge is -2.34. The maximum absolute atomic E-state index is 12.6. The molecule has 1 aromatic carbocycles. The summed E-state index contributed by atoms with van der Waals surface area (Å²) in [5.74, 6) is 0.811. The van der Waals surface area contributed by atoms with Gasteiger partial charge in [0.15, 0.2) is 0 Å². The Morgan fingerprint density at radius 3 is 2.39 bits per heavy atom. The van der Waals surface area contributed by atoms with Crippen LogP contribution in [0.2, 0.25) is 0 Å². The zero-order valence-electron chi connectivity index (χ0n) is 21.6. The van der Waals surface area contributed by atoms with Crippen LogP contribution in [0.4, 0.5) is 5.95 Å². The third-order valence-corrected chi connectivity index (χ3v) is 7.13. The van der Waals surface area contributed by atoms with E-state index in [-0.39, 0.29) is 23.6 Å². The summed E-state index contributed by atoms with van der Waals surface area (Å²) in [6.07, 6.45) is 3.16. The highest BCUT2D eigenvalue weighted by Crippen LogP contribution is 2.23. The Kier molecular flexibility index (Phi) is 7.84. The first kappa shape index (κ1) is 25.6. The van der Waals surface area contributed by atoms with Gasteiger partial charge in [0.25, 0.3) is 5.56 Å². The zero-order chi connectivity index (χ0) is 25.8. The third-order valence-electron chi connectivity index (χ3n) is 7.13. The molecule has 1 saturated heterocycles. The van der Waals surface area contributed by atoms with E-state index in [9.17, 15) is 9.59 Å². The molecule has 4 rings (SSSR count). The van der Waals surface area contributed by atoms with Crippen molar-refractivity contribution in [2.75, 3.05) is 31.5 Å². The van der Waals surface area contributed by atoms with Crippen LogP contribution in [0.5, 0.6) is 0 Å². The van der Waals surface area contributed by atoms with Crippen LogP contribution >= 0.6 is 0 Å². The number of carbonyl (C=O) groups is 1. The Morgan fingerprint density at radius 1 is 1.06 bits per heavy atom. The summed E-state index contributed by atoms with van der Waals surface area (Å²) in [4.78, 5) is 37.8. The quantitative estimate of drug-likeness (QED) is 0.483. The molecular formula is C28H36N6O2. The first-order valence-corrected chi connectivity index (χ1v) is 12.6. The fourth-order valence-electron chi connectivity index (χ4n) is 4.50. The van der Waals surface area contributed by atoms with Gasteiger partial charge in [0, 0.05) is 56.4 Å². The van der Waals surface area contributed by atoms with Crippen molar-refractivity contribution < 1.29 is 4.79 Å². The van der Waals surface area contributed by atoms with E-state index in [1.54, 1.807) is 22.9 Å². The number of fused-ring (bicyclic) bond motifs is 1. The van der Waals surface area contributed by atoms with E-state index in [4.69, 9.17) is 4.98 Å². The molecule has 1 N–H and O–H groups in total. The van der Waals surface area contributed by atoms with Gasteiger partial charge in [0.2, 0.25) is 11.9 Å². The van der Waals surface area contributed by atoms with Gasteiger partial charge in [0.05, 0.1) is 6.04 Å². The van der Waals surface area contributed by atoms with E-state index < -0.39 is 0 Å². The number of rotatable bonds is 8. The summed E-state index contributed by atoms with van der Waals surface area (Å²) in [7, 11) is 0. The van der Waals surface area contributed by atoms with Crippen molar-refractivity contribution in [3.63, 3.8) is 0 Å². The van der Waals surface area contributed by atoms with Crippen LogP contribution < -0.4 is 10.9 Å². The van der Waals surface area contributed by atoms with Crippen LogP contribution in [0, 0.1) is 5.92 Å². The molecule has 2 aromatic heterocycles. The van der Waals surface area contributed by atoms with Gasteiger partial charge < -0.3 is 10.2 Å². The molecule has 2 atom stereocenters. The van der Waals surface area contributed by atoms with E-state index in [1.807, 2.05) is 11.8 Å². The van der Waals surface area contributed by atoms with Crippen molar-refractivity contribution in [3.8, 4) is 0 Å². The van der Waals surface area contributed by atoms with E-state index in [0.717, 1.165) is 43.7 Å². The Labute approximate surface area is 212 Å². The molecule has 3 heterocycles. The second kappa shape index (κ2) is 11.0. The highest BCUT2D eigenvalue weighted by atomic mass is 16.2. The number of hydrogen-bond donors (Lipinski definition) is 1. The van der Waals surface area contributed by atoms with Gasteiger partial charge in [-0.3, -0.25) is 19.1 Å². The van der Waals surface area contributed by atoms with Gasteiger partial charge in [0.1, 0.15) is 5.65 Å². The normalized spacial score (nSPS) is 16.2. The van der Waals surface area contributed by atoms with E-state index in [1.165, 1.54) is 11.6 Å².